The molecule has 2 aromatic rings. The maximum Gasteiger partial charge on any atom is 0.338 e. The third kappa shape index (κ3) is 5.07. The van der Waals surface area contributed by atoms with E-state index in [2.05, 4.69) is 10.3 Å². The Kier molecular flexibility index (Phi) is 7.50. The topological polar surface area (TPSA) is 103 Å². The summed E-state index contributed by atoms with van der Waals surface area (Å²) in [6.07, 6.45) is 1.67. The number of furan rings is 1. The predicted molar refractivity (Wildman–Crippen MR) is 132 cm³/mol. The van der Waals surface area contributed by atoms with Crippen LogP contribution in [-0.2, 0) is 20.9 Å². The second-order valence-electron chi connectivity index (χ2n) is 7.76. The number of hydrogen-bond acceptors (Lipinski definition) is 9. The summed E-state index contributed by atoms with van der Waals surface area (Å²) in [6.45, 7) is 4.08. The molecule has 184 valence electrons. The van der Waals surface area contributed by atoms with Gasteiger partial charge >= 0.3 is 5.97 Å². The minimum atomic E-state index is -0.555. The molecule has 0 radical (unpaired) electrons. The number of carbonyl (C=O) groups excluding carboxylic acids is 2. The molecule has 0 saturated heterocycles. The van der Waals surface area contributed by atoms with Crippen LogP contribution in [0.3, 0.4) is 0 Å². The number of allylic oxidation sites excluding steroid dienone is 1. The lowest BCUT2D eigenvalue weighted by Crippen LogP contribution is -2.38. The van der Waals surface area contributed by atoms with E-state index in [0.29, 0.717) is 40.2 Å². The number of hydrogen-bond donors (Lipinski definition) is 1. The third-order valence-corrected chi connectivity index (χ3v) is 6.49. The van der Waals surface area contributed by atoms with Crippen molar-refractivity contribution in [3.63, 3.8) is 0 Å². The molecule has 1 aromatic heterocycles. The van der Waals surface area contributed by atoms with Crippen LogP contribution >= 0.6 is 11.8 Å². The molecule has 2 aliphatic rings. The average Bonchev–Trinajstić information content (AvgIpc) is 3.51. The molecule has 1 unspecified atom stereocenters. The first-order valence-electron chi connectivity index (χ1n) is 11.1. The first-order valence-corrected chi connectivity index (χ1v) is 12.0. The van der Waals surface area contributed by atoms with Gasteiger partial charge in [-0.15, -0.1) is 0 Å². The van der Waals surface area contributed by atoms with Crippen molar-refractivity contribution in [1.82, 2.24) is 10.2 Å². The maximum absolute atomic E-state index is 13.1. The Labute approximate surface area is 207 Å². The van der Waals surface area contributed by atoms with E-state index >= 15 is 0 Å². The summed E-state index contributed by atoms with van der Waals surface area (Å²) < 4.78 is 21.6. The molecule has 0 bridgehead atoms. The Balaban J connectivity index is 1.68. The molecule has 1 aromatic carbocycles. The highest BCUT2D eigenvalue weighted by Crippen LogP contribution is 2.46. The predicted octanol–water partition coefficient (Wildman–Crippen LogP) is 4.14. The molecule has 0 aliphatic carbocycles. The van der Waals surface area contributed by atoms with Crippen LogP contribution in [0.2, 0.25) is 0 Å². The fraction of sp³-hybridized carbons (Fsp3) is 0.320. The van der Waals surface area contributed by atoms with Gasteiger partial charge in [-0.2, -0.15) is 0 Å². The molecule has 35 heavy (non-hydrogen) atoms. The molecular formula is C25H27N3O6S. The van der Waals surface area contributed by atoms with Gasteiger partial charge in [0.15, 0.2) is 16.7 Å². The van der Waals surface area contributed by atoms with Crippen molar-refractivity contribution in [2.75, 3.05) is 20.8 Å². The van der Waals surface area contributed by atoms with Crippen molar-refractivity contribution in [1.29, 1.82) is 0 Å². The van der Waals surface area contributed by atoms with Crippen molar-refractivity contribution in [3.05, 3.63) is 70.3 Å². The minimum Gasteiger partial charge on any atom is -0.493 e. The first kappa shape index (κ1) is 24.5. The number of esters is 1. The van der Waals surface area contributed by atoms with E-state index in [1.165, 1.54) is 11.8 Å². The van der Waals surface area contributed by atoms with Gasteiger partial charge in [-0.25, -0.2) is 9.79 Å². The van der Waals surface area contributed by atoms with Gasteiger partial charge in [0.05, 0.1) is 57.4 Å². The largest absolute Gasteiger partial charge is 0.493 e. The van der Waals surface area contributed by atoms with Crippen molar-refractivity contribution in [3.8, 4) is 11.5 Å². The van der Waals surface area contributed by atoms with Gasteiger partial charge in [0.2, 0.25) is 5.91 Å². The molecule has 0 saturated carbocycles. The van der Waals surface area contributed by atoms with Crippen LogP contribution in [0.1, 0.15) is 37.6 Å². The fourth-order valence-electron chi connectivity index (χ4n) is 4.00. The van der Waals surface area contributed by atoms with Gasteiger partial charge in [-0.05, 0) is 49.1 Å². The number of fused-ring (bicyclic) bond motifs is 1. The number of amides is 1. The van der Waals surface area contributed by atoms with Gasteiger partial charge in [-0.1, -0.05) is 17.8 Å². The molecule has 2 aliphatic heterocycles. The molecule has 0 spiro atoms. The van der Waals surface area contributed by atoms with Crippen molar-refractivity contribution >= 4 is 28.8 Å². The molecule has 1 N–H and O–H groups in total. The number of rotatable bonds is 9. The summed E-state index contributed by atoms with van der Waals surface area (Å²) in [6, 6.07) is 8.51. The van der Waals surface area contributed by atoms with E-state index in [0.717, 1.165) is 11.3 Å². The highest BCUT2D eigenvalue weighted by molar-refractivity contribution is 8.16. The van der Waals surface area contributed by atoms with Crippen LogP contribution in [-0.4, -0.2) is 42.8 Å². The zero-order valence-electron chi connectivity index (χ0n) is 20.0. The second kappa shape index (κ2) is 10.7. The number of nitrogens with zero attached hydrogens (tertiary/aromatic N) is 2. The maximum atomic E-state index is 13.1. The Bertz CT molecular complexity index is 1200. The fourth-order valence-corrected chi connectivity index (χ4v) is 4.97. The highest BCUT2D eigenvalue weighted by atomic mass is 32.2. The average molecular weight is 498 g/mol. The third-order valence-electron chi connectivity index (χ3n) is 5.60. The highest BCUT2D eigenvalue weighted by Gasteiger charge is 2.41. The van der Waals surface area contributed by atoms with Crippen molar-refractivity contribution < 1.29 is 28.2 Å². The summed E-state index contributed by atoms with van der Waals surface area (Å²) in [4.78, 5) is 32.4. The number of aliphatic imine (C=N–C) groups is 1. The van der Waals surface area contributed by atoms with E-state index in [9.17, 15) is 9.59 Å². The summed E-state index contributed by atoms with van der Waals surface area (Å²) in [5.74, 6) is 1.14. The van der Waals surface area contributed by atoms with Gasteiger partial charge in [0, 0.05) is 5.70 Å². The number of methoxy groups -OCH3 is 2. The molecular weight excluding hydrogens is 470 g/mol. The normalized spacial score (nSPS) is 16.9. The number of amidine groups is 1. The summed E-state index contributed by atoms with van der Waals surface area (Å²) >= 11 is 1.41. The van der Waals surface area contributed by atoms with E-state index in [1.54, 1.807) is 52.5 Å². The first-order chi connectivity index (χ1) is 17.0. The van der Waals surface area contributed by atoms with Crippen molar-refractivity contribution in [2.24, 2.45) is 4.99 Å². The summed E-state index contributed by atoms with van der Waals surface area (Å²) in [5.41, 5.74) is 2.48. The van der Waals surface area contributed by atoms with Crippen LogP contribution in [0.4, 0.5) is 0 Å². The van der Waals surface area contributed by atoms with E-state index < -0.39 is 12.0 Å². The summed E-state index contributed by atoms with van der Waals surface area (Å²) in [7, 11) is 3.12. The number of benzene rings is 1. The molecule has 3 heterocycles. The van der Waals surface area contributed by atoms with Gasteiger partial charge in [0.25, 0.3) is 0 Å². The number of carbonyl (C=O) groups is 2. The van der Waals surface area contributed by atoms with Crippen LogP contribution in [0.5, 0.6) is 11.5 Å². The number of ether oxygens (including phenoxy) is 3. The molecule has 0 fully saturated rings. The van der Waals surface area contributed by atoms with E-state index in [-0.39, 0.29) is 18.9 Å². The lowest BCUT2D eigenvalue weighted by atomic mass is 9.93. The Morgan fingerprint density at radius 3 is 2.69 bits per heavy atom. The number of nitrogens with one attached hydrogen (secondary N) is 1. The van der Waals surface area contributed by atoms with Crippen LogP contribution < -0.4 is 14.8 Å². The van der Waals surface area contributed by atoms with Gasteiger partial charge in [0.1, 0.15) is 5.76 Å². The molecule has 4 rings (SSSR count). The SMILES string of the molecule is CCOC(=O)C1=C(C)N=C2SC=C(CC(=O)NCc3ccco3)N2C1c1ccc(OC)c(OC)c1. The molecule has 9 nitrogen and oxygen atoms in total. The van der Waals surface area contributed by atoms with Crippen molar-refractivity contribution in [2.45, 2.75) is 32.9 Å². The standard InChI is InChI=1S/C25H27N3O6S/c1-5-33-24(30)22-15(2)27-25-28(23(22)16-8-9-19(31-3)20(11-16)32-4)17(14-35-25)12-21(29)26-13-18-7-6-10-34-18/h6-11,14,23H,5,12-13H2,1-4H3,(H,26,29). The molecule has 1 amide bonds. The lowest BCUT2D eigenvalue weighted by molar-refractivity contribution is -0.139. The number of thioether (sulfide) groups is 1. The van der Waals surface area contributed by atoms with Gasteiger partial charge in [-0.3, -0.25) is 4.79 Å². The quantitative estimate of drug-likeness (QED) is 0.516. The monoisotopic (exact) mass is 497 g/mol. The van der Waals surface area contributed by atoms with Crippen LogP contribution in [0.25, 0.3) is 0 Å². The zero-order chi connectivity index (χ0) is 24.9. The second-order valence-corrected chi connectivity index (χ2v) is 8.60. The van der Waals surface area contributed by atoms with Crippen LogP contribution in [0, 0.1) is 0 Å². The summed E-state index contributed by atoms with van der Waals surface area (Å²) in [5, 5.41) is 5.44. The van der Waals surface area contributed by atoms with Crippen LogP contribution in [0.15, 0.2) is 68.4 Å². The molecule has 10 heteroatoms. The Morgan fingerprint density at radius 2 is 2.00 bits per heavy atom. The van der Waals surface area contributed by atoms with E-state index in [1.807, 2.05) is 22.4 Å². The molecule has 1 atom stereocenters. The van der Waals surface area contributed by atoms with E-state index in [4.69, 9.17) is 18.6 Å². The Hall–Kier alpha value is -3.66. The minimum absolute atomic E-state index is 0.103. The zero-order valence-corrected chi connectivity index (χ0v) is 20.8. The Morgan fingerprint density at radius 1 is 1.20 bits per heavy atom. The smallest absolute Gasteiger partial charge is 0.338 e. The van der Waals surface area contributed by atoms with Gasteiger partial charge < -0.3 is 28.8 Å². The lowest BCUT2D eigenvalue weighted by Gasteiger charge is -2.36.